The summed E-state index contributed by atoms with van der Waals surface area (Å²) in [6.07, 6.45) is 1.80. The van der Waals surface area contributed by atoms with Crippen LogP contribution in [0.15, 0.2) is 10.6 Å². The highest BCUT2D eigenvalue weighted by molar-refractivity contribution is 5.96. The van der Waals surface area contributed by atoms with Crippen molar-refractivity contribution >= 4 is 11.9 Å². The largest absolute Gasteiger partial charge is 0.480 e. The summed E-state index contributed by atoms with van der Waals surface area (Å²) in [5.41, 5.74) is -0.955. The highest BCUT2D eigenvalue weighted by atomic mass is 16.5. The van der Waals surface area contributed by atoms with Crippen LogP contribution in [0.25, 0.3) is 0 Å². The molecule has 1 saturated heterocycles. The SMILES string of the molecule is CCc1cc(C(=O)N2CCC[C@]2(C)C(=O)O)no1. The number of carboxylic acid groups (broad SMARTS) is 1. The maximum absolute atomic E-state index is 12.2. The van der Waals surface area contributed by atoms with E-state index in [-0.39, 0.29) is 11.6 Å². The van der Waals surface area contributed by atoms with Gasteiger partial charge < -0.3 is 14.5 Å². The van der Waals surface area contributed by atoms with Gasteiger partial charge in [0.05, 0.1) is 0 Å². The van der Waals surface area contributed by atoms with Crippen LogP contribution in [0.4, 0.5) is 0 Å². The number of rotatable bonds is 3. The van der Waals surface area contributed by atoms with Gasteiger partial charge in [-0.25, -0.2) is 4.79 Å². The summed E-state index contributed by atoms with van der Waals surface area (Å²) < 4.78 is 4.98. The zero-order chi connectivity index (χ0) is 13.3. The molecule has 1 amide bonds. The lowest BCUT2D eigenvalue weighted by Gasteiger charge is -2.30. The predicted octanol–water partition coefficient (Wildman–Crippen LogP) is 1.32. The number of aromatic nitrogens is 1. The first-order valence-corrected chi connectivity index (χ1v) is 6.00. The second kappa shape index (κ2) is 4.44. The molecule has 0 saturated carbocycles. The molecule has 1 aliphatic rings. The van der Waals surface area contributed by atoms with Gasteiger partial charge in [-0.2, -0.15) is 0 Å². The zero-order valence-electron chi connectivity index (χ0n) is 10.5. The van der Waals surface area contributed by atoms with Crippen LogP contribution in [0.5, 0.6) is 0 Å². The fraction of sp³-hybridized carbons (Fsp3) is 0.583. The second-order valence-corrected chi connectivity index (χ2v) is 4.67. The molecule has 1 N–H and O–H groups in total. The lowest BCUT2D eigenvalue weighted by Crippen LogP contribution is -2.50. The van der Waals surface area contributed by atoms with Crippen LogP contribution in [-0.2, 0) is 11.2 Å². The van der Waals surface area contributed by atoms with E-state index in [1.165, 1.54) is 4.90 Å². The van der Waals surface area contributed by atoms with Gasteiger partial charge in [-0.1, -0.05) is 12.1 Å². The van der Waals surface area contributed by atoms with Crippen molar-refractivity contribution in [3.05, 3.63) is 17.5 Å². The van der Waals surface area contributed by atoms with Gasteiger partial charge in [0.2, 0.25) is 0 Å². The van der Waals surface area contributed by atoms with Crippen LogP contribution in [0.2, 0.25) is 0 Å². The van der Waals surface area contributed by atoms with Gasteiger partial charge >= 0.3 is 5.97 Å². The van der Waals surface area contributed by atoms with Gasteiger partial charge in [0.15, 0.2) is 5.69 Å². The summed E-state index contributed by atoms with van der Waals surface area (Å²) in [5.74, 6) is -0.733. The molecule has 0 radical (unpaired) electrons. The summed E-state index contributed by atoms with van der Waals surface area (Å²) in [5, 5.41) is 12.9. The molecule has 1 aliphatic heterocycles. The third-order valence-electron chi connectivity index (χ3n) is 3.47. The van der Waals surface area contributed by atoms with E-state index in [2.05, 4.69) is 5.16 Å². The number of amides is 1. The number of carbonyl (C=O) groups is 2. The summed E-state index contributed by atoms with van der Waals surface area (Å²) >= 11 is 0. The van der Waals surface area contributed by atoms with Crippen molar-refractivity contribution in [3.8, 4) is 0 Å². The second-order valence-electron chi connectivity index (χ2n) is 4.67. The Bertz CT molecular complexity index is 482. The Morgan fingerprint density at radius 3 is 2.89 bits per heavy atom. The van der Waals surface area contributed by atoms with Crippen molar-refractivity contribution in [1.82, 2.24) is 10.1 Å². The third kappa shape index (κ3) is 1.87. The van der Waals surface area contributed by atoms with E-state index in [4.69, 9.17) is 4.52 Å². The lowest BCUT2D eigenvalue weighted by molar-refractivity contribution is -0.147. The number of aliphatic carboxylic acids is 1. The van der Waals surface area contributed by atoms with Crippen molar-refractivity contribution in [3.63, 3.8) is 0 Å². The average Bonchev–Trinajstić information content (AvgIpc) is 2.95. The van der Waals surface area contributed by atoms with Crippen LogP contribution < -0.4 is 0 Å². The molecule has 2 heterocycles. The Hall–Kier alpha value is -1.85. The summed E-state index contributed by atoms with van der Waals surface area (Å²) in [6.45, 7) is 3.91. The van der Waals surface area contributed by atoms with E-state index in [0.29, 0.717) is 31.6 Å². The minimum Gasteiger partial charge on any atom is -0.480 e. The van der Waals surface area contributed by atoms with Gasteiger partial charge in [-0.05, 0) is 19.8 Å². The molecule has 1 aromatic heterocycles. The lowest BCUT2D eigenvalue weighted by atomic mass is 9.99. The maximum atomic E-state index is 12.2. The molecule has 0 unspecified atom stereocenters. The van der Waals surface area contributed by atoms with Crippen molar-refractivity contribution in [2.75, 3.05) is 6.54 Å². The first-order valence-electron chi connectivity index (χ1n) is 6.00. The zero-order valence-corrected chi connectivity index (χ0v) is 10.5. The number of hydrogen-bond acceptors (Lipinski definition) is 4. The normalized spacial score (nSPS) is 23.3. The van der Waals surface area contributed by atoms with Crippen molar-refractivity contribution in [1.29, 1.82) is 0 Å². The first-order chi connectivity index (χ1) is 8.49. The quantitative estimate of drug-likeness (QED) is 0.877. The van der Waals surface area contributed by atoms with Crippen LogP contribution in [-0.4, -0.2) is 39.1 Å². The summed E-state index contributed by atoms with van der Waals surface area (Å²) in [7, 11) is 0. The average molecular weight is 252 g/mol. The smallest absolute Gasteiger partial charge is 0.329 e. The monoisotopic (exact) mass is 252 g/mol. The van der Waals surface area contributed by atoms with E-state index in [9.17, 15) is 14.7 Å². The molecule has 1 atom stereocenters. The molecule has 6 heteroatoms. The Balaban J connectivity index is 2.25. The standard InChI is InChI=1S/C12H16N2O4/c1-3-8-7-9(13-18-8)10(15)14-6-4-5-12(14,2)11(16)17/h7H,3-6H2,1-2H3,(H,16,17)/t12-/m1/s1. The van der Waals surface area contributed by atoms with Crippen LogP contribution in [0.3, 0.4) is 0 Å². The fourth-order valence-electron chi connectivity index (χ4n) is 2.23. The molecule has 2 rings (SSSR count). The van der Waals surface area contributed by atoms with E-state index < -0.39 is 11.5 Å². The van der Waals surface area contributed by atoms with Crippen molar-refractivity contribution in [2.45, 2.75) is 38.6 Å². The van der Waals surface area contributed by atoms with E-state index in [1.807, 2.05) is 6.92 Å². The molecule has 0 aromatic carbocycles. The highest BCUT2D eigenvalue weighted by Gasteiger charge is 2.46. The molecule has 6 nitrogen and oxygen atoms in total. The number of nitrogens with zero attached hydrogens (tertiary/aromatic N) is 2. The van der Waals surface area contributed by atoms with Crippen LogP contribution in [0, 0.1) is 0 Å². The van der Waals surface area contributed by atoms with Gasteiger partial charge in [0.25, 0.3) is 5.91 Å². The van der Waals surface area contributed by atoms with E-state index in [0.717, 1.165) is 0 Å². The predicted molar refractivity (Wildman–Crippen MR) is 62.2 cm³/mol. The Kier molecular flexibility index (Phi) is 3.11. The third-order valence-corrected chi connectivity index (χ3v) is 3.47. The fourth-order valence-corrected chi connectivity index (χ4v) is 2.23. The Morgan fingerprint density at radius 2 is 2.33 bits per heavy atom. The molecule has 18 heavy (non-hydrogen) atoms. The molecule has 1 fully saturated rings. The number of hydrogen-bond donors (Lipinski definition) is 1. The summed E-state index contributed by atoms with van der Waals surface area (Å²) in [6, 6.07) is 1.57. The minimum absolute atomic E-state index is 0.182. The van der Waals surface area contributed by atoms with Crippen molar-refractivity contribution < 1.29 is 19.2 Å². The van der Waals surface area contributed by atoms with Gasteiger partial charge in [-0.15, -0.1) is 0 Å². The minimum atomic E-state index is -1.14. The van der Waals surface area contributed by atoms with Gasteiger partial charge in [0, 0.05) is 19.0 Å². The number of carbonyl (C=O) groups excluding carboxylic acids is 1. The topological polar surface area (TPSA) is 83.6 Å². The first kappa shape index (κ1) is 12.6. The number of likely N-dealkylation sites (tertiary alicyclic amines) is 1. The van der Waals surface area contributed by atoms with Crippen LogP contribution >= 0.6 is 0 Å². The van der Waals surface area contributed by atoms with Crippen LogP contribution in [0.1, 0.15) is 42.9 Å². The molecule has 98 valence electrons. The van der Waals surface area contributed by atoms with E-state index >= 15 is 0 Å². The van der Waals surface area contributed by atoms with Gasteiger partial charge in [0.1, 0.15) is 11.3 Å². The Morgan fingerprint density at radius 1 is 1.61 bits per heavy atom. The molecule has 1 aromatic rings. The molecule has 0 aliphatic carbocycles. The molecular formula is C12H16N2O4. The maximum Gasteiger partial charge on any atom is 0.329 e. The number of aryl methyl sites for hydroxylation is 1. The summed E-state index contributed by atoms with van der Waals surface area (Å²) in [4.78, 5) is 24.9. The Labute approximate surface area is 105 Å². The molecular weight excluding hydrogens is 236 g/mol. The van der Waals surface area contributed by atoms with Crippen molar-refractivity contribution in [2.24, 2.45) is 0 Å². The molecule has 0 spiro atoms. The van der Waals surface area contributed by atoms with Gasteiger partial charge in [-0.3, -0.25) is 4.79 Å². The number of carboxylic acids is 1. The molecule has 0 bridgehead atoms. The van der Waals surface area contributed by atoms with E-state index in [1.54, 1.807) is 13.0 Å². The highest BCUT2D eigenvalue weighted by Crippen LogP contribution is 2.30.